The molecule has 8 nitrogen and oxygen atoms in total. The number of nitrogens with one attached hydrogen (secondary N) is 2. The van der Waals surface area contributed by atoms with E-state index < -0.39 is 39.2 Å². The number of nitriles is 2. The maximum absolute atomic E-state index is 12.9. The highest BCUT2D eigenvalue weighted by atomic mass is 32.2. The minimum Gasteiger partial charge on any atom is -0.350 e. The van der Waals surface area contributed by atoms with Gasteiger partial charge in [-0.3, -0.25) is 9.59 Å². The summed E-state index contributed by atoms with van der Waals surface area (Å²) in [6.07, 6.45) is 0. The number of sulfone groups is 1. The van der Waals surface area contributed by atoms with E-state index in [1.54, 1.807) is 48.5 Å². The van der Waals surface area contributed by atoms with Crippen LogP contribution in [0.3, 0.4) is 0 Å². The summed E-state index contributed by atoms with van der Waals surface area (Å²) in [7, 11) is -4.10. The van der Waals surface area contributed by atoms with Crippen molar-refractivity contribution in [1.82, 2.24) is 10.6 Å². The zero-order chi connectivity index (χ0) is 21.3. The van der Waals surface area contributed by atoms with Crippen molar-refractivity contribution < 1.29 is 18.0 Å². The number of hydrogen-bond donors (Lipinski definition) is 2. The molecule has 2 N–H and O–H groups in total. The van der Waals surface area contributed by atoms with Gasteiger partial charge in [-0.15, -0.1) is 0 Å². The highest BCUT2D eigenvalue weighted by Gasteiger charge is 2.33. The van der Waals surface area contributed by atoms with Gasteiger partial charge in [0.15, 0.2) is 15.1 Å². The molecule has 1 unspecified atom stereocenters. The van der Waals surface area contributed by atoms with E-state index in [4.69, 9.17) is 10.5 Å². The number of carbonyl (C=O) groups excluding carboxylic acids is 2. The molecule has 0 bridgehead atoms. The summed E-state index contributed by atoms with van der Waals surface area (Å²) in [5.74, 6) is -1.98. The number of hydrogen-bond acceptors (Lipinski definition) is 6. The summed E-state index contributed by atoms with van der Waals surface area (Å²) in [5, 5.41) is 20.9. The SMILES string of the molecule is N#CCNC(=O)C(CNC(=O)c1ccccc1)S(=O)(=O)Cc1ccccc1C#N. The van der Waals surface area contributed by atoms with E-state index in [9.17, 15) is 18.0 Å². The minimum absolute atomic E-state index is 0.181. The van der Waals surface area contributed by atoms with Crippen LogP contribution in [0.25, 0.3) is 0 Å². The summed E-state index contributed by atoms with van der Waals surface area (Å²) in [5.41, 5.74) is 0.749. The average molecular weight is 410 g/mol. The van der Waals surface area contributed by atoms with Crippen LogP contribution in [0.4, 0.5) is 0 Å². The topological polar surface area (TPSA) is 140 Å². The highest BCUT2D eigenvalue weighted by molar-refractivity contribution is 7.92. The third-order valence-corrected chi connectivity index (χ3v) is 6.01. The Kier molecular flexibility index (Phi) is 7.47. The first-order chi connectivity index (χ1) is 13.9. The summed E-state index contributed by atoms with van der Waals surface area (Å²) >= 11 is 0. The molecule has 0 aliphatic rings. The third kappa shape index (κ3) is 5.89. The summed E-state index contributed by atoms with van der Waals surface area (Å²) in [6, 6.07) is 17.9. The van der Waals surface area contributed by atoms with Gasteiger partial charge in [-0.05, 0) is 23.8 Å². The zero-order valence-electron chi connectivity index (χ0n) is 15.3. The fraction of sp³-hybridized carbons (Fsp3) is 0.200. The van der Waals surface area contributed by atoms with Crippen molar-refractivity contribution in [1.29, 1.82) is 10.5 Å². The smallest absolute Gasteiger partial charge is 0.251 e. The van der Waals surface area contributed by atoms with Crippen LogP contribution in [-0.4, -0.2) is 38.6 Å². The number of rotatable bonds is 8. The molecular weight excluding hydrogens is 392 g/mol. The quantitative estimate of drug-likeness (QED) is 0.620. The Labute approximate surface area is 168 Å². The molecule has 1 atom stereocenters. The second-order valence-electron chi connectivity index (χ2n) is 6.02. The van der Waals surface area contributed by atoms with Crippen molar-refractivity contribution in [3.8, 4) is 12.1 Å². The number of nitrogens with zero attached hydrogens (tertiary/aromatic N) is 2. The van der Waals surface area contributed by atoms with Gasteiger partial charge in [0, 0.05) is 12.1 Å². The first kappa shape index (κ1) is 21.6. The van der Waals surface area contributed by atoms with Crippen molar-refractivity contribution in [2.24, 2.45) is 0 Å². The Morgan fingerprint density at radius 3 is 2.28 bits per heavy atom. The van der Waals surface area contributed by atoms with Gasteiger partial charge in [0.2, 0.25) is 5.91 Å². The van der Waals surface area contributed by atoms with Gasteiger partial charge >= 0.3 is 0 Å². The van der Waals surface area contributed by atoms with Crippen LogP contribution in [0.2, 0.25) is 0 Å². The Morgan fingerprint density at radius 2 is 1.62 bits per heavy atom. The summed E-state index contributed by atoms with van der Waals surface area (Å²) in [6.45, 7) is -0.839. The fourth-order valence-corrected chi connectivity index (χ4v) is 4.21. The number of amides is 2. The molecule has 0 aromatic heterocycles. The first-order valence-corrected chi connectivity index (χ1v) is 10.3. The maximum atomic E-state index is 12.9. The van der Waals surface area contributed by atoms with Crippen LogP contribution in [0, 0.1) is 22.7 Å². The van der Waals surface area contributed by atoms with Crippen LogP contribution in [0.5, 0.6) is 0 Å². The molecule has 0 aliphatic heterocycles. The molecular formula is C20H18N4O4S. The molecule has 29 heavy (non-hydrogen) atoms. The van der Waals surface area contributed by atoms with Gasteiger partial charge < -0.3 is 10.6 Å². The fourth-order valence-electron chi connectivity index (χ4n) is 2.57. The van der Waals surface area contributed by atoms with Crippen molar-refractivity contribution >= 4 is 21.7 Å². The lowest BCUT2D eigenvalue weighted by Gasteiger charge is -2.18. The number of carbonyl (C=O) groups is 2. The van der Waals surface area contributed by atoms with Gasteiger partial charge in [0.25, 0.3) is 5.91 Å². The zero-order valence-corrected chi connectivity index (χ0v) is 16.1. The average Bonchev–Trinajstić information content (AvgIpc) is 2.72. The molecule has 2 aromatic carbocycles. The minimum atomic E-state index is -4.10. The second kappa shape index (κ2) is 10.0. The normalized spacial score (nSPS) is 11.5. The van der Waals surface area contributed by atoms with E-state index in [0.29, 0.717) is 5.56 Å². The lowest BCUT2D eigenvalue weighted by Crippen LogP contribution is -2.47. The van der Waals surface area contributed by atoms with Crippen LogP contribution in [-0.2, 0) is 20.4 Å². The van der Waals surface area contributed by atoms with Crippen molar-refractivity contribution in [3.05, 3.63) is 71.3 Å². The molecule has 0 saturated carbocycles. The monoisotopic (exact) mass is 410 g/mol. The van der Waals surface area contributed by atoms with Crippen molar-refractivity contribution in [2.75, 3.05) is 13.1 Å². The Bertz CT molecular complexity index is 1070. The van der Waals surface area contributed by atoms with E-state index in [2.05, 4.69) is 10.6 Å². The molecule has 0 heterocycles. The van der Waals surface area contributed by atoms with E-state index in [-0.39, 0.29) is 17.7 Å². The van der Waals surface area contributed by atoms with Gasteiger partial charge in [0.05, 0.1) is 23.5 Å². The van der Waals surface area contributed by atoms with Crippen LogP contribution < -0.4 is 10.6 Å². The second-order valence-corrected chi connectivity index (χ2v) is 8.20. The molecule has 0 spiro atoms. The first-order valence-electron chi connectivity index (χ1n) is 8.56. The van der Waals surface area contributed by atoms with E-state index in [1.165, 1.54) is 12.1 Å². The molecule has 0 aliphatic carbocycles. The van der Waals surface area contributed by atoms with E-state index >= 15 is 0 Å². The van der Waals surface area contributed by atoms with E-state index in [0.717, 1.165) is 0 Å². The van der Waals surface area contributed by atoms with Gasteiger partial charge in [0.1, 0.15) is 6.54 Å². The lowest BCUT2D eigenvalue weighted by atomic mass is 10.1. The molecule has 2 rings (SSSR count). The lowest BCUT2D eigenvalue weighted by molar-refractivity contribution is -0.120. The van der Waals surface area contributed by atoms with Gasteiger partial charge in [-0.25, -0.2) is 8.42 Å². The van der Waals surface area contributed by atoms with E-state index in [1.807, 2.05) is 6.07 Å². The Morgan fingerprint density at radius 1 is 0.966 bits per heavy atom. The number of benzene rings is 2. The van der Waals surface area contributed by atoms with Crippen molar-refractivity contribution in [3.63, 3.8) is 0 Å². The molecule has 9 heteroatoms. The van der Waals surface area contributed by atoms with Gasteiger partial charge in [-0.2, -0.15) is 10.5 Å². The largest absolute Gasteiger partial charge is 0.350 e. The van der Waals surface area contributed by atoms with Crippen LogP contribution in [0.15, 0.2) is 54.6 Å². The molecule has 148 valence electrons. The van der Waals surface area contributed by atoms with Crippen molar-refractivity contribution in [2.45, 2.75) is 11.0 Å². The predicted molar refractivity (Wildman–Crippen MR) is 105 cm³/mol. The molecule has 0 saturated heterocycles. The molecule has 2 amide bonds. The van der Waals surface area contributed by atoms with Crippen LogP contribution >= 0.6 is 0 Å². The Hall–Kier alpha value is -3.69. The summed E-state index contributed by atoms with van der Waals surface area (Å²) < 4.78 is 25.8. The standard InChI is InChI=1S/C20H18N4O4S/c21-10-11-23-20(26)18(13-24-19(25)15-6-2-1-3-7-15)29(27,28)14-17-9-5-4-8-16(17)12-22/h1-9,18H,11,13-14H2,(H,23,26)(H,24,25). The van der Waals surface area contributed by atoms with Crippen LogP contribution in [0.1, 0.15) is 21.5 Å². The summed E-state index contributed by atoms with van der Waals surface area (Å²) in [4.78, 5) is 24.6. The highest BCUT2D eigenvalue weighted by Crippen LogP contribution is 2.15. The molecule has 0 radical (unpaired) electrons. The predicted octanol–water partition coefficient (Wildman–Crippen LogP) is 0.911. The Balaban J connectivity index is 2.24. The molecule has 0 fully saturated rings. The maximum Gasteiger partial charge on any atom is 0.251 e. The van der Waals surface area contributed by atoms with Gasteiger partial charge in [-0.1, -0.05) is 36.4 Å². The third-order valence-electron chi connectivity index (χ3n) is 4.05. The molecule has 2 aromatic rings.